The number of halogens is 1. The number of nitrogens with one attached hydrogen (secondary N) is 1. The van der Waals surface area contributed by atoms with Crippen molar-refractivity contribution in [2.45, 2.75) is 0 Å². The SMILES string of the molecule is Nc1cccc(C(=O)N2CCN(C(=O)Nc3ccc(F)cc3)CC2)c1. The Bertz CT molecular complexity index is 771. The molecule has 0 aromatic heterocycles. The summed E-state index contributed by atoms with van der Waals surface area (Å²) < 4.78 is 12.9. The average molecular weight is 342 g/mol. The minimum Gasteiger partial charge on any atom is -0.399 e. The lowest BCUT2D eigenvalue weighted by molar-refractivity contribution is 0.0672. The average Bonchev–Trinajstić information content (AvgIpc) is 2.63. The van der Waals surface area contributed by atoms with Crippen LogP contribution in [-0.4, -0.2) is 47.9 Å². The van der Waals surface area contributed by atoms with Gasteiger partial charge in [-0.2, -0.15) is 0 Å². The number of amides is 3. The van der Waals surface area contributed by atoms with Gasteiger partial charge < -0.3 is 20.9 Å². The van der Waals surface area contributed by atoms with Crippen molar-refractivity contribution in [1.82, 2.24) is 9.80 Å². The molecular weight excluding hydrogens is 323 g/mol. The molecule has 2 aromatic carbocycles. The third-order valence-electron chi connectivity index (χ3n) is 4.08. The van der Waals surface area contributed by atoms with Crippen molar-refractivity contribution in [3.05, 3.63) is 59.9 Å². The fraction of sp³-hybridized carbons (Fsp3) is 0.222. The highest BCUT2D eigenvalue weighted by Crippen LogP contribution is 2.14. The van der Waals surface area contributed by atoms with Gasteiger partial charge in [0.2, 0.25) is 0 Å². The highest BCUT2D eigenvalue weighted by atomic mass is 19.1. The van der Waals surface area contributed by atoms with Crippen LogP contribution in [0.2, 0.25) is 0 Å². The van der Waals surface area contributed by atoms with Gasteiger partial charge in [-0.1, -0.05) is 6.07 Å². The number of anilines is 2. The van der Waals surface area contributed by atoms with Crippen molar-refractivity contribution in [3.8, 4) is 0 Å². The number of nitrogens with two attached hydrogens (primary N) is 1. The molecule has 1 aliphatic heterocycles. The molecule has 0 unspecified atom stereocenters. The van der Waals surface area contributed by atoms with Crippen LogP contribution >= 0.6 is 0 Å². The Morgan fingerprint density at radius 3 is 2.24 bits per heavy atom. The van der Waals surface area contributed by atoms with Gasteiger partial charge in [-0.15, -0.1) is 0 Å². The molecule has 1 aliphatic rings. The molecule has 2 aromatic rings. The largest absolute Gasteiger partial charge is 0.399 e. The van der Waals surface area contributed by atoms with Crippen molar-refractivity contribution < 1.29 is 14.0 Å². The summed E-state index contributed by atoms with van der Waals surface area (Å²) in [6.45, 7) is 1.76. The molecule has 0 aliphatic carbocycles. The number of benzene rings is 2. The smallest absolute Gasteiger partial charge is 0.321 e. The van der Waals surface area contributed by atoms with Crippen molar-refractivity contribution in [3.63, 3.8) is 0 Å². The summed E-state index contributed by atoms with van der Waals surface area (Å²) in [6, 6.07) is 12.2. The van der Waals surface area contributed by atoms with Crippen molar-refractivity contribution in [2.24, 2.45) is 0 Å². The second kappa shape index (κ2) is 7.21. The number of piperazine rings is 1. The van der Waals surface area contributed by atoms with Gasteiger partial charge in [0.05, 0.1) is 0 Å². The quantitative estimate of drug-likeness (QED) is 0.823. The zero-order valence-corrected chi connectivity index (χ0v) is 13.6. The lowest BCUT2D eigenvalue weighted by Crippen LogP contribution is -2.51. The number of hydrogen-bond acceptors (Lipinski definition) is 3. The van der Waals surface area contributed by atoms with E-state index in [-0.39, 0.29) is 17.8 Å². The number of rotatable bonds is 2. The lowest BCUT2D eigenvalue weighted by atomic mass is 10.1. The van der Waals surface area contributed by atoms with E-state index < -0.39 is 0 Å². The van der Waals surface area contributed by atoms with Crippen molar-refractivity contribution >= 4 is 23.3 Å². The molecule has 7 heteroatoms. The number of urea groups is 1. The fourth-order valence-electron chi connectivity index (χ4n) is 2.70. The molecule has 6 nitrogen and oxygen atoms in total. The maximum atomic E-state index is 12.9. The Kier molecular flexibility index (Phi) is 4.83. The monoisotopic (exact) mass is 342 g/mol. The Labute approximate surface area is 145 Å². The van der Waals surface area contributed by atoms with Gasteiger partial charge in [0.15, 0.2) is 0 Å². The minimum atomic E-state index is -0.355. The van der Waals surface area contributed by atoms with E-state index in [9.17, 15) is 14.0 Å². The molecule has 3 rings (SSSR count). The van der Waals surface area contributed by atoms with Crippen LogP contribution in [0.15, 0.2) is 48.5 Å². The molecule has 0 saturated carbocycles. The summed E-state index contributed by atoms with van der Waals surface area (Å²) in [5.41, 5.74) is 7.34. The molecule has 3 N–H and O–H groups in total. The zero-order valence-electron chi connectivity index (χ0n) is 13.6. The Morgan fingerprint density at radius 1 is 0.960 bits per heavy atom. The summed E-state index contributed by atoms with van der Waals surface area (Å²) in [5, 5.41) is 2.72. The minimum absolute atomic E-state index is 0.0918. The van der Waals surface area contributed by atoms with Gasteiger partial charge in [-0.05, 0) is 42.5 Å². The summed E-state index contributed by atoms with van der Waals surface area (Å²) in [5.74, 6) is -0.447. The summed E-state index contributed by atoms with van der Waals surface area (Å²) in [7, 11) is 0. The standard InChI is InChI=1S/C18H19FN4O2/c19-14-4-6-16(7-5-14)21-18(25)23-10-8-22(9-11-23)17(24)13-2-1-3-15(20)12-13/h1-7,12H,8-11,20H2,(H,21,25). The van der Waals surface area contributed by atoms with E-state index in [1.807, 2.05) is 0 Å². The molecule has 3 amide bonds. The molecule has 0 radical (unpaired) electrons. The number of hydrogen-bond donors (Lipinski definition) is 2. The van der Waals surface area contributed by atoms with E-state index in [1.54, 1.807) is 34.1 Å². The third kappa shape index (κ3) is 4.06. The van der Waals surface area contributed by atoms with Crippen LogP contribution < -0.4 is 11.1 Å². The third-order valence-corrected chi connectivity index (χ3v) is 4.08. The lowest BCUT2D eigenvalue weighted by Gasteiger charge is -2.34. The van der Waals surface area contributed by atoms with E-state index in [0.717, 1.165) is 0 Å². The molecule has 1 fully saturated rings. The van der Waals surface area contributed by atoms with E-state index in [1.165, 1.54) is 24.3 Å². The van der Waals surface area contributed by atoms with E-state index in [2.05, 4.69) is 5.32 Å². The van der Waals surface area contributed by atoms with Crippen molar-refractivity contribution in [1.29, 1.82) is 0 Å². The van der Waals surface area contributed by atoms with Crippen LogP contribution in [0.3, 0.4) is 0 Å². The maximum Gasteiger partial charge on any atom is 0.321 e. The highest BCUT2D eigenvalue weighted by Gasteiger charge is 2.25. The molecule has 0 atom stereocenters. The first-order valence-corrected chi connectivity index (χ1v) is 7.99. The van der Waals surface area contributed by atoms with E-state index >= 15 is 0 Å². The van der Waals surface area contributed by atoms with Crippen LogP contribution in [0, 0.1) is 5.82 Å². The molecular formula is C18H19FN4O2. The molecule has 25 heavy (non-hydrogen) atoms. The predicted octanol–water partition coefficient (Wildman–Crippen LogP) is 2.40. The first-order valence-electron chi connectivity index (χ1n) is 7.99. The number of nitrogens with zero attached hydrogens (tertiary/aromatic N) is 2. The number of carbonyl (C=O) groups excluding carboxylic acids is 2. The van der Waals surface area contributed by atoms with Gasteiger partial charge in [0.1, 0.15) is 5.82 Å². The second-order valence-electron chi connectivity index (χ2n) is 5.84. The normalized spacial score (nSPS) is 14.3. The van der Waals surface area contributed by atoms with Crippen molar-refractivity contribution in [2.75, 3.05) is 37.2 Å². The topological polar surface area (TPSA) is 78.7 Å². The van der Waals surface area contributed by atoms with Gasteiger partial charge in [-0.25, -0.2) is 9.18 Å². The Morgan fingerprint density at radius 2 is 1.60 bits per heavy atom. The highest BCUT2D eigenvalue weighted by molar-refractivity contribution is 5.95. The summed E-state index contributed by atoms with van der Waals surface area (Å²) >= 11 is 0. The summed E-state index contributed by atoms with van der Waals surface area (Å²) in [4.78, 5) is 28.0. The van der Waals surface area contributed by atoms with E-state index in [4.69, 9.17) is 5.73 Å². The molecule has 0 bridgehead atoms. The van der Waals surface area contributed by atoms with Gasteiger partial charge in [-0.3, -0.25) is 4.79 Å². The van der Waals surface area contributed by atoms with Gasteiger partial charge in [0, 0.05) is 43.1 Å². The predicted molar refractivity (Wildman–Crippen MR) is 93.7 cm³/mol. The van der Waals surface area contributed by atoms with Crippen LogP contribution in [0.4, 0.5) is 20.6 Å². The fourth-order valence-corrected chi connectivity index (χ4v) is 2.70. The van der Waals surface area contributed by atoms with Crippen LogP contribution in [-0.2, 0) is 0 Å². The molecule has 1 heterocycles. The zero-order chi connectivity index (χ0) is 17.8. The van der Waals surface area contributed by atoms with E-state index in [0.29, 0.717) is 43.1 Å². The number of nitrogen functional groups attached to an aromatic ring is 1. The van der Waals surface area contributed by atoms with Crippen LogP contribution in [0.25, 0.3) is 0 Å². The Balaban J connectivity index is 1.55. The second-order valence-corrected chi connectivity index (χ2v) is 5.84. The Hall–Kier alpha value is -3.09. The molecule has 0 spiro atoms. The number of carbonyl (C=O) groups is 2. The first-order chi connectivity index (χ1) is 12.0. The van der Waals surface area contributed by atoms with Crippen LogP contribution in [0.5, 0.6) is 0 Å². The van der Waals surface area contributed by atoms with Crippen LogP contribution in [0.1, 0.15) is 10.4 Å². The first kappa shape index (κ1) is 16.8. The maximum absolute atomic E-state index is 12.9. The van der Waals surface area contributed by atoms with Gasteiger partial charge in [0.25, 0.3) is 5.91 Å². The molecule has 130 valence electrons. The molecule has 1 saturated heterocycles. The van der Waals surface area contributed by atoms with Gasteiger partial charge >= 0.3 is 6.03 Å². The summed E-state index contributed by atoms with van der Waals surface area (Å²) in [6.07, 6.45) is 0.